The van der Waals surface area contributed by atoms with Gasteiger partial charge in [0, 0.05) is 16.4 Å². The van der Waals surface area contributed by atoms with Gasteiger partial charge in [-0.05, 0) is 51.0 Å². The van der Waals surface area contributed by atoms with Crippen molar-refractivity contribution in [3.05, 3.63) is 40.1 Å². The number of nitrogens with zero attached hydrogens (tertiary/aromatic N) is 3. The average Bonchev–Trinajstić information content (AvgIpc) is 3.17. The second kappa shape index (κ2) is 5.60. The molecule has 0 unspecified atom stereocenters. The van der Waals surface area contributed by atoms with Crippen LogP contribution in [0, 0.1) is 0 Å². The maximum absolute atomic E-state index is 12.3. The fraction of sp³-hybridized carbons (Fsp3) is 0.400. The third-order valence-corrected chi connectivity index (χ3v) is 3.90. The number of nitrogens with one attached hydrogen (secondary N) is 1. The summed E-state index contributed by atoms with van der Waals surface area (Å²) in [4.78, 5) is 12.3. The van der Waals surface area contributed by atoms with Gasteiger partial charge in [-0.15, -0.1) is 5.10 Å². The Morgan fingerprint density at radius 2 is 2.00 bits per heavy atom. The fourth-order valence-electron chi connectivity index (χ4n) is 2.28. The molecule has 1 saturated carbocycles. The zero-order chi connectivity index (χ0) is 15.0. The van der Waals surface area contributed by atoms with E-state index in [1.165, 1.54) is 0 Å². The number of amides is 1. The summed E-state index contributed by atoms with van der Waals surface area (Å²) in [5.74, 6) is 0.242. The summed E-state index contributed by atoms with van der Waals surface area (Å²) in [5.41, 5.74) is 2.31. The van der Waals surface area contributed by atoms with Crippen molar-refractivity contribution < 1.29 is 4.79 Å². The van der Waals surface area contributed by atoms with Crippen LogP contribution in [0.25, 0.3) is 5.69 Å². The van der Waals surface area contributed by atoms with E-state index in [1.807, 2.05) is 38.1 Å². The molecule has 1 aliphatic rings. The molecule has 0 radical (unpaired) electrons. The molecule has 110 valence electrons. The molecular weight excluding hydrogens is 332 g/mol. The molecule has 0 saturated heterocycles. The second-order valence-corrected chi connectivity index (χ2v) is 6.53. The van der Waals surface area contributed by atoms with Crippen LogP contribution >= 0.6 is 15.9 Å². The molecule has 0 spiro atoms. The molecule has 1 aromatic carbocycles. The lowest BCUT2D eigenvalue weighted by molar-refractivity contribution is 0.0937. The second-order valence-electron chi connectivity index (χ2n) is 5.61. The normalized spacial score (nSPS) is 14.5. The van der Waals surface area contributed by atoms with Gasteiger partial charge in [0.15, 0.2) is 5.69 Å². The lowest BCUT2D eigenvalue weighted by Crippen LogP contribution is -2.31. The summed E-state index contributed by atoms with van der Waals surface area (Å²) in [7, 11) is 0. The lowest BCUT2D eigenvalue weighted by atomic mass is 10.2. The monoisotopic (exact) mass is 348 g/mol. The summed E-state index contributed by atoms with van der Waals surface area (Å²) >= 11 is 3.42. The van der Waals surface area contributed by atoms with Crippen molar-refractivity contribution in [3.63, 3.8) is 0 Å². The van der Waals surface area contributed by atoms with Gasteiger partial charge < -0.3 is 5.32 Å². The van der Waals surface area contributed by atoms with E-state index in [0.717, 1.165) is 28.7 Å². The first-order valence-electron chi connectivity index (χ1n) is 7.08. The molecule has 3 rings (SSSR count). The number of benzene rings is 1. The van der Waals surface area contributed by atoms with Crippen LogP contribution in [0.5, 0.6) is 0 Å². The summed E-state index contributed by atoms with van der Waals surface area (Å²) < 4.78 is 2.80. The van der Waals surface area contributed by atoms with Crippen LogP contribution in [0.4, 0.5) is 0 Å². The van der Waals surface area contributed by atoms with Crippen molar-refractivity contribution in [1.82, 2.24) is 20.3 Å². The van der Waals surface area contributed by atoms with E-state index in [4.69, 9.17) is 0 Å². The van der Waals surface area contributed by atoms with Crippen LogP contribution in [0.15, 0.2) is 28.7 Å². The average molecular weight is 349 g/mol. The SMILES string of the molecule is CC(C)NC(=O)c1nnn(-c2ccc(Br)cc2)c1C1CC1. The van der Waals surface area contributed by atoms with Gasteiger partial charge in [-0.3, -0.25) is 4.79 Å². The first-order chi connectivity index (χ1) is 10.1. The van der Waals surface area contributed by atoms with Crippen molar-refractivity contribution in [3.8, 4) is 5.69 Å². The summed E-state index contributed by atoms with van der Waals surface area (Å²) in [6, 6.07) is 7.94. The Hall–Kier alpha value is -1.69. The molecule has 1 heterocycles. The minimum Gasteiger partial charge on any atom is -0.348 e. The van der Waals surface area contributed by atoms with E-state index >= 15 is 0 Å². The summed E-state index contributed by atoms with van der Waals surface area (Å²) in [5, 5.41) is 11.2. The molecule has 6 heteroatoms. The first kappa shape index (κ1) is 14.3. The molecule has 0 aliphatic heterocycles. The minimum atomic E-state index is -0.143. The predicted octanol–water partition coefficient (Wildman–Crippen LogP) is 3.05. The van der Waals surface area contributed by atoms with Crippen LogP contribution in [0.1, 0.15) is 48.8 Å². The fourth-order valence-corrected chi connectivity index (χ4v) is 2.54. The lowest BCUT2D eigenvalue weighted by Gasteiger charge is -2.09. The molecule has 1 amide bonds. The van der Waals surface area contributed by atoms with E-state index in [2.05, 4.69) is 31.6 Å². The van der Waals surface area contributed by atoms with Gasteiger partial charge >= 0.3 is 0 Å². The van der Waals surface area contributed by atoms with Gasteiger partial charge in [-0.25, -0.2) is 4.68 Å². The van der Waals surface area contributed by atoms with E-state index < -0.39 is 0 Å². The molecule has 1 N–H and O–H groups in total. The molecule has 1 aromatic heterocycles. The van der Waals surface area contributed by atoms with Crippen molar-refractivity contribution in [2.24, 2.45) is 0 Å². The molecule has 1 aliphatic carbocycles. The zero-order valence-corrected chi connectivity index (χ0v) is 13.6. The van der Waals surface area contributed by atoms with E-state index in [9.17, 15) is 4.79 Å². The number of hydrogen-bond donors (Lipinski definition) is 1. The zero-order valence-electron chi connectivity index (χ0n) is 12.0. The predicted molar refractivity (Wildman–Crippen MR) is 83.6 cm³/mol. The number of hydrogen-bond acceptors (Lipinski definition) is 3. The highest BCUT2D eigenvalue weighted by Gasteiger charge is 2.34. The number of rotatable bonds is 4. The third-order valence-electron chi connectivity index (χ3n) is 3.38. The van der Waals surface area contributed by atoms with Gasteiger partial charge in [0.1, 0.15) is 0 Å². The topological polar surface area (TPSA) is 59.8 Å². The number of carbonyl (C=O) groups is 1. The van der Waals surface area contributed by atoms with Crippen molar-refractivity contribution in [2.45, 2.75) is 38.6 Å². The molecular formula is C15H17BrN4O. The number of carbonyl (C=O) groups excluding carboxylic acids is 1. The smallest absolute Gasteiger partial charge is 0.273 e. The minimum absolute atomic E-state index is 0.0855. The third kappa shape index (κ3) is 3.00. The van der Waals surface area contributed by atoms with Gasteiger partial charge in [0.25, 0.3) is 5.91 Å². The summed E-state index contributed by atoms with van der Waals surface area (Å²) in [6.07, 6.45) is 2.18. The highest BCUT2D eigenvalue weighted by atomic mass is 79.9. The van der Waals surface area contributed by atoms with Crippen molar-refractivity contribution in [2.75, 3.05) is 0 Å². The van der Waals surface area contributed by atoms with Crippen LogP contribution in [0.2, 0.25) is 0 Å². The first-order valence-corrected chi connectivity index (χ1v) is 7.88. The molecule has 5 nitrogen and oxygen atoms in total. The Morgan fingerprint density at radius 1 is 1.33 bits per heavy atom. The highest BCUT2D eigenvalue weighted by Crippen LogP contribution is 2.42. The quantitative estimate of drug-likeness (QED) is 0.923. The molecule has 2 aromatic rings. The van der Waals surface area contributed by atoms with Gasteiger partial charge in [-0.1, -0.05) is 21.1 Å². The van der Waals surface area contributed by atoms with E-state index in [1.54, 1.807) is 4.68 Å². The number of aromatic nitrogens is 3. The van der Waals surface area contributed by atoms with Crippen LogP contribution in [-0.2, 0) is 0 Å². The van der Waals surface area contributed by atoms with Gasteiger partial charge in [-0.2, -0.15) is 0 Å². The van der Waals surface area contributed by atoms with Crippen LogP contribution < -0.4 is 5.32 Å². The Balaban J connectivity index is 2.00. The number of halogens is 1. The van der Waals surface area contributed by atoms with Gasteiger partial charge in [0.2, 0.25) is 0 Å². The molecule has 0 atom stereocenters. The van der Waals surface area contributed by atoms with E-state index in [-0.39, 0.29) is 11.9 Å². The maximum Gasteiger partial charge on any atom is 0.273 e. The van der Waals surface area contributed by atoms with Crippen molar-refractivity contribution in [1.29, 1.82) is 0 Å². The Bertz CT molecular complexity index is 659. The van der Waals surface area contributed by atoms with Crippen molar-refractivity contribution >= 4 is 21.8 Å². The van der Waals surface area contributed by atoms with Gasteiger partial charge in [0.05, 0.1) is 11.4 Å². The molecule has 0 bridgehead atoms. The summed E-state index contributed by atoms with van der Waals surface area (Å²) in [6.45, 7) is 3.88. The standard InChI is InChI=1S/C15H17BrN4O/c1-9(2)17-15(21)13-14(10-3-4-10)20(19-18-13)12-7-5-11(16)6-8-12/h5-10H,3-4H2,1-2H3,(H,17,21). The molecule has 21 heavy (non-hydrogen) atoms. The molecule has 1 fully saturated rings. The highest BCUT2D eigenvalue weighted by molar-refractivity contribution is 9.10. The van der Waals surface area contributed by atoms with Crippen LogP contribution in [0.3, 0.4) is 0 Å². The van der Waals surface area contributed by atoms with Crippen LogP contribution in [-0.4, -0.2) is 26.9 Å². The Morgan fingerprint density at radius 3 is 2.57 bits per heavy atom. The maximum atomic E-state index is 12.3. The van der Waals surface area contributed by atoms with E-state index in [0.29, 0.717) is 11.6 Å². The largest absolute Gasteiger partial charge is 0.348 e. The Labute approximate surface area is 131 Å². The Kier molecular flexibility index (Phi) is 3.80.